The van der Waals surface area contributed by atoms with Crippen LogP contribution in [0.4, 0.5) is 0 Å². The van der Waals surface area contributed by atoms with Gasteiger partial charge in [-0.25, -0.2) is 0 Å². The number of rotatable bonds is 7. The molecule has 14 heavy (non-hydrogen) atoms. The Morgan fingerprint density at radius 3 is 1.64 bits per heavy atom. The average molecular weight is 202 g/mol. The first kappa shape index (κ1) is 13.9. The number of nitrogens with zero attached hydrogens (tertiary/aromatic N) is 2. The number of aliphatic hydroxyl groups is 1. The molecule has 0 fully saturated rings. The molecule has 0 rings (SSSR count). The van der Waals surface area contributed by atoms with Crippen molar-refractivity contribution in [1.82, 2.24) is 9.80 Å². The molecule has 0 aromatic heterocycles. The maximum Gasteiger partial charge on any atom is 0.128 e. The van der Waals surface area contributed by atoms with Crippen molar-refractivity contribution in [3.05, 3.63) is 0 Å². The van der Waals surface area contributed by atoms with Gasteiger partial charge in [-0.05, 0) is 33.1 Å². The van der Waals surface area contributed by atoms with Crippen LogP contribution in [0, 0.1) is 0 Å². The number of likely N-dealkylation sites (N-methyl/N-ethyl adjacent to an activating group) is 2. The van der Waals surface area contributed by atoms with E-state index in [1.54, 1.807) is 0 Å². The Labute approximate surface area is 88.7 Å². The molecule has 0 spiro atoms. The molecule has 0 saturated carbocycles. The van der Waals surface area contributed by atoms with E-state index < -0.39 is 5.72 Å². The van der Waals surface area contributed by atoms with Crippen molar-refractivity contribution >= 4 is 0 Å². The largest absolute Gasteiger partial charge is 0.375 e. The monoisotopic (exact) mass is 202 g/mol. The van der Waals surface area contributed by atoms with Gasteiger partial charge in [0.25, 0.3) is 0 Å². The van der Waals surface area contributed by atoms with Gasteiger partial charge in [0.05, 0.1) is 0 Å². The van der Waals surface area contributed by atoms with Crippen molar-refractivity contribution in [2.24, 2.45) is 0 Å². The van der Waals surface area contributed by atoms with Crippen LogP contribution in [-0.2, 0) is 0 Å². The molecule has 0 bridgehead atoms. The highest BCUT2D eigenvalue weighted by Crippen LogP contribution is 2.12. The Morgan fingerprint density at radius 2 is 1.36 bits per heavy atom. The molecule has 3 nitrogen and oxygen atoms in total. The summed E-state index contributed by atoms with van der Waals surface area (Å²) in [5.41, 5.74) is -0.699. The van der Waals surface area contributed by atoms with Crippen LogP contribution < -0.4 is 0 Å². The summed E-state index contributed by atoms with van der Waals surface area (Å²) in [6.45, 7) is 14.8. The second-order valence-electron chi connectivity index (χ2n) is 3.85. The zero-order chi connectivity index (χ0) is 11.2. The molecule has 1 atom stereocenters. The summed E-state index contributed by atoms with van der Waals surface area (Å²) < 4.78 is 0. The van der Waals surface area contributed by atoms with Gasteiger partial charge in [-0.1, -0.05) is 27.7 Å². The third-order valence-electron chi connectivity index (χ3n) is 2.86. The van der Waals surface area contributed by atoms with Gasteiger partial charge in [0.1, 0.15) is 5.72 Å². The molecule has 0 amide bonds. The van der Waals surface area contributed by atoms with E-state index in [1.807, 2.05) is 6.92 Å². The summed E-state index contributed by atoms with van der Waals surface area (Å²) in [6, 6.07) is 0. The molecule has 1 unspecified atom stereocenters. The van der Waals surface area contributed by atoms with Crippen molar-refractivity contribution in [2.45, 2.75) is 40.3 Å². The first-order valence-corrected chi connectivity index (χ1v) is 5.71. The Hall–Kier alpha value is -0.120. The lowest BCUT2D eigenvalue weighted by Gasteiger charge is -2.38. The summed E-state index contributed by atoms with van der Waals surface area (Å²) in [7, 11) is 0. The smallest absolute Gasteiger partial charge is 0.128 e. The van der Waals surface area contributed by atoms with E-state index in [0.29, 0.717) is 0 Å². The molecule has 0 saturated heterocycles. The van der Waals surface area contributed by atoms with Crippen LogP contribution in [0.1, 0.15) is 34.6 Å². The van der Waals surface area contributed by atoms with Gasteiger partial charge in [0.15, 0.2) is 0 Å². The van der Waals surface area contributed by atoms with Crippen LogP contribution >= 0.6 is 0 Å². The van der Waals surface area contributed by atoms with Crippen LogP contribution in [0.3, 0.4) is 0 Å². The molecular weight excluding hydrogens is 176 g/mol. The van der Waals surface area contributed by atoms with Gasteiger partial charge in [-0.2, -0.15) is 0 Å². The Kier molecular flexibility index (Phi) is 6.33. The minimum Gasteiger partial charge on any atom is -0.375 e. The Balaban J connectivity index is 4.28. The SMILES string of the molecule is CCN(CC)CC(C)(O)N(CC)CC. The quantitative estimate of drug-likeness (QED) is 0.632. The molecule has 0 aliphatic carbocycles. The topological polar surface area (TPSA) is 26.7 Å². The number of hydrogen-bond acceptors (Lipinski definition) is 3. The molecule has 0 aliphatic heterocycles. The highest BCUT2D eigenvalue weighted by molar-refractivity contribution is 4.76. The fourth-order valence-corrected chi connectivity index (χ4v) is 1.88. The maximum atomic E-state index is 10.3. The van der Waals surface area contributed by atoms with Crippen molar-refractivity contribution in [3.8, 4) is 0 Å². The van der Waals surface area contributed by atoms with Crippen LogP contribution in [0.25, 0.3) is 0 Å². The fraction of sp³-hybridized carbons (Fsp3) is 1.00. The predicted octanol–water partition coefficient (Wildman–Crippen LogP) is 1.38. The van der Waals surface area contributed by atoms with Gasteiger partial charge in [-0.3, -0.25) is 9.80 Å². The van der Waals surface area contributed by atoms with E-state index in [-0.39, 0.29) is 0 Å². The second-order valence-corrected chi connectivity index (χ2v) is 3.85. The third-order valence-corrected chi connectivity index (χ3v) is 2.86. The first-order chi connectivity index (χ1) is 6.51. The van der Waals surface area contributed by atoms with E-state index in [4.69, 9.17) is 0 Å². The third kappa shape index (κ3) is 3.95. The lowest BCUT2D eigenvalue weighted by atomic mass is 10.2. The van der Waals surface area contributed by atoms with E-state index in [0.717, 1.165) is 32.7 Å². The van der Waals surface area contributed by atoms with E-state index >= 15 is 0 Å². The lowest BCUT2D eigenvalue weighted by molar-refractivity contribution is -0.106. The van der Waals surface area contributed by atoms with Gasteiger partial charge < -0.3 is 5.11 Å². The molecule has 86 valence electrons. The molecule has 0 aromatic rings. The highest BCUT2D eigenvalue weighted by atomic mass is 16.3. The van der Waals surface area contributed by atoms with E-state index in [2.05, 4.69) is 37.5 Å². The fourth-order valence-electron chi connectivity index (χ4n) is 1.88. The highest BCUT2D eigenvalue weighted by Gasteiger charge is 2.28. The van der Waals surface area contributed by atoms with Crippen molar-refractivity contribution in [1.29, 1.82) is 0 Å². The lowest BCUT2D eigenvalue weighted by Crippen LogP contribution is -2.53. The molecule has 0 radical (unpaired) electrons. The van der Waals surface area contributed by atoms with Crippen molar-refractivity contribution in [3.63, 3.8) is 0 Å². The van der Waals surface area contributed by atoms with Gasteiger partial charge in [0, 0.05) is 6.54 Å². The zero-order valence-electron chi connectivity index (χ0n) is 10.4. The average Bonchev–Trinajstić information content (AvgIpc) is 2.15. The zero-order valence-corrected chi connectivity index (χ0v) is 10.4. The summed E-state index contributed by atoms with van der Waals surface area (Å²) >= 11 is 0. The van der Waals surface area contributed by atoms with Gasteiger partial charge >= 0.3 is 0 Å². The van der Waals surface area contributed by atoms with Crippen LogP contribution in [-0.4, -0.2) is 53.4 Å². The minimum atomic E-state index is -0.699. The summed E-state index contributed by atoms with van der Waals surface area (Å²) in [6.07, 6.45) is 0. The first-order valence-electron chi connectivity index (χ1n) is 5.71. The van der Waals surface area contributed by atoms with Crippen LogP contribution in [0.5, 0.6) is 0 Å². The summed E-state index contributed by atoms with van der Waals surface area (Å²) in [5.74, 6) is 0. The Morgan fingerprint density at radius 1 is 0.929 bits per heavy atom. The normalized spacial score (nSPS) is 16.3. The maximum absolute atomic E-state index is 10.3. The minimum absolute atomic E-state index is 0.699. The molecule has 0 aromatic carbocycles. The predicted molar refractivity (Wildman–Crippen MR) is 61.3 cm³/mol. The molecule has 0 aliphatic rings. The van der Waals surface area contributed by atoms with Crippen LogP contribution in [0.15, 0.2) is 0 Å². The Bertz CT molecular complexity index is 140. The van der Waals surface area contributed by atoms with Gasteiger partial charge in [0.2, 0.25) is 0 Å². The van der Waals surface area contributed by atoms with Gasteiger partial charge in [-0.15, -0.1) is 0 Å². The van der Waals surface area contributed by atoms with Crippen LogP contribution in [0.2, 0.25) is 0 Å². The van der Waals surface area contributed by atoms with E-state index in [9.17, 15) is 5.11 Å². The molecular formula is C11H26N2O. The number of hydrogen-bond donors (Lipinski definition) is 1. The van der Waals surface area contributed by atoms with Crippen molar-refractivity contribution < 1.29 is 5.11 Å². The summed E-state index contributed by atoms with van der Waals surface area (Å²) in [5, 5.41) is 10.3. The van der Waals surface area contributed by atoms with E-state index in [1.165, 1.54) is 0 Å². The molecule has 1 N–H and O–H groups in total. The standard InChI is InChI=1S/C11H26N2O/c1-6-12(7-2)10-11(5,14)13(8-3)9-4/h14H,6-10H2,1-5H3. The molecule has 3 heteroatoms. The van der Waals surface area contributed by atoms with Crippen molar-refractivity contribution in [2.75, 3.05) is 32.7 Å². The second kappa shape index (κ2) is 6.38. The molecule has 0 heterocycles. The summed E-state index contributed by atoms with van der Waals surface area (Å²) in [4.78, 5) is 4.34.